The Labute approximate surface area is 226 Å². The lowest BCUT2D eigenvalue weighted by atomic mass is 10.0. The highest BCUT2D eigenvalue weighted by Crippen LogP contribution is 2.28. The summed E-state index contributed by atoms with van der Waals surface area (Å²) in [6.45, 7) is 0.613. The van der Waals surface area contributed by atoms with Gasteiger partial charge in [0.1, 0.15) is 11.5 Å². The van der Waals surface area contributed by atoms with Crippen molar-refractivity contribution in [2.75, 3.05) is 25.8 Å². The van der Waals surface area contributed by atoms with E-state index in [1.165, 1.54) is 6.20 Å². The monoisotopic (exact) mass is 517 g/mol. The van der Waals surface area contributed by atoms with Gasteiger partial charge < -0.3 is 9.47 Å². The number of amides is 1. The quantitative estimate of drug-likeness (QED) is 0.257. The van der Waals surface area contributed by atoms with Crippen LogP contribution in [-0.4, -0.2) is 43.6 Å². The van der Waals surface area contributed by atoms with Crippen molar-refractivity contribution in [2.24, 2.45) is 10.2 Å². The number of nitrogens with zero attached hydrogens (tertiary/aromatic N) is 4. The number of anilines is 1. The van der Waals surface area contributed by atoms with E-state index in [1.807, 2.05) is 77.8 Å². The van der Waals surface area contributed by atoms with Crippen LogP contribution in [-0.2, 0) is 0 Å². The summed E-state index contributed by atoms with van der Waals surface area (Å²) in [5, 5.41) is 11.0. The van der Waals surface area contributed by atoms with E-state index in [-0.39, 0.29) is 5.91 Å². The number of hydrogen-bond donors (Lipinski definition) is 1. The minimum absolute atomic E-state index is 0.315. The van der Waals surface area contributed by atoms with Crippen LogP contribution in [0.4, 0.5) is 5.69 Å². The molecule has 4 aromatic rings. The molecule has 2 heterocycles. The second-order valence-electron chi connectivity index (χ2n) is 8.71. The fraction of sp³-hybridized carbons (Fsp3) is 0.0968. The number of aromatic nitrogens is 1. The summed E-state index contributed by atoms with van der Waals surface area (Å²) in [4.78, 5) is 16.1. The van der Waals surface area contributed by atoms with Gasteiger partial charge in [-0.05, 0) is 77.9 Å². The number of carbonyl (C=O) groups excluding carboxylic acids is 1. The van der Waals surface area contributed by atoms with E-state index in [2.05, 4.69) is 21.6 Å². The maximum Gasteiger partial charge on any atom is 0.272 e. The highest BCUT2D eigenvalue weighted by molar-refractivity contribution is 6.17. The smallest absolute Gasteiger partial charge is 0.272 e. The van der Waals surface area contributed by atoms with Crippen LogP contribution in [0.15, 0.2) is 113 Å². The summed E-state index contributed by atoms with van der Waals surface area (Å²) < 4.78 is 10.6. The third-order valence-corrected chi connectivity index (χ3v) is 6.16. The molecule has 194 valence electrons. The summed E-state index contributed by atoms with van der Waals surface area (Å²) in [5.74, 6) is 1.29. The first-order valence-electron chi connectivity index (χ1n) is 12.3. The molecule has 5 rings (SSSR count). The third-order valence-electron chi connectivity index (χ3n) is 6.16. The van der Waals surface area contributed by atoms with Gasteiger partial charge in [0.25, 0.3) is 5.91 Å². The normalized spacial score (nSPS) is 13.9. The number of hydrazone groups is 2. The Hall–Kier alpha value is -5.24. The van der Waals surface area contributed by atoms with Gasteiger partial charge in [-0.15, -0.1) is 0 Å². The van der Waals surface area contributed by atoms with Gasteiger partial charge in [-0.1, -0.05) is 24.3 Å². The van der Waals surface area contributed by atoms with Crippen molar-refractivity contribution in [1.29, 1.82) is 0 Å². The number of carbonyl (C=O) groups is 1. The van der Waals surface area contributed by atoms with Crippen LogP contribution in [0, 0.1) is 0 Å². The summed E-state index contributed by atoms with van der Waals surface area (Å²) in [6, 6.07) is 27.1. The molecule has 0 saturated heterocycles. The largest absolute Gasteiger partial charge is 0.497 e. The Morgan fingerprint density at radius 2 is 1.56 bits per heavy atom. The van der Waals surface area contributed by atoms with Crippen molar-refractivity contribution in [1.82, 2.24) is 10.4 Å². The summed E-state index contributed by atoms with van der Waals surface area (Å²) in [6.07, 6.45) is 6.86. The molecule has 0 fully saturated rings. The van der Waals surface area contributed by atoms with Crippen LogP contribution in [0.5, 0.6) is 11.5 Å². The highest BCUT2D eigenvalue weighted by Gasteiger charge is 2.23. The van der Waals surface area contributed by atoms with E-state index in [1.54, 1.807) is 38.8 Å². The van der Waals surface area contributed by atoms with Gasteiger partial charge in [0.15, 0.2) is 0 Å². The molecular weight excluding hydrogens is 490 g/mol. The average Bonchev–Trinajstić information content (AvgIpc) is 3.42. The fourth-order valence-electron chi connectivity index (χ4n) is 4.07. The molecule has 8 heteroatoms. The Bertz CT molecular complexity index is 1510. The van der Waals surface area contributed by atoms with Crippen molar-refractivity contribution in [3.63, 3.8) is 0 Å². The van der Waals surface area contributed by atoms with Gasteiger partial charge in [0.2, 0.25) is 0 Å². The zero-order valence-corrected chi connectivity index (χ0v) is 21.6. The molecule has 0 atom stereocenters. The molecule has 1 aliphatic heterocycles. The lowest BCUT2D eigenvalue weighted by Gasteiger charge is -2.13. The predicted molar refractivity (Wildman–Crippen MR) is 154 cm³/mol. The van der Waals surface area contributed by atoms with Crippen LogP contribution in [0.25, 0.3) is 6.08 Å². The lowest BCUT2D eigenvalue weighted by Crippen LogP contribution is -2.17. The highest BCUT2D eigenvalue weighted by atomic mass is 16.5. The number of benzene rings is 3. The lowest BCUT2D eigenvalue weighted by molar-refractivity contribution is 0.0954. The zero-order valence-electron chi connectivity index (χ0n) is 21.6. The summed E-state index contributed by atoms with van der Waals surface area (Å²) in [5.41, 5.74) is 8.81. The summed E-state index contributed by atoms with van der Waals surface area (Å²) in [7, 11) is 3.31. The molecule has 39 heavy (non-hydrogen) atoms. The second kappa shape index (κ2) is 11.9. The minimum atomic E-state index is -0.315. The molecule has 0 bridgehead atoms. The molecule has 0 saturated carbocycles. The molecule has 0 spiro atoms. The SMILES string of the molecule is COc1ccc(/C=C2\CN(c3ccc(/C=N\NC(=O)c4cccnc4)cc3)N=C2c2ccc(OC)cc2)cc1. The van der Waals surface area contributed by atoms with Crippen molar-refractivity contribution in [3.05, 3.63) is 125 Å². The van der Waals surface area contributed by atoms with E-state index >= 15 is 0 Å². The van der Waals surface area contributed by atoms with Crippen molar-refractivity contribution in [3.8, 4) is 11.5 Å². The van der Waals surface area contributed by atoms with Gasteiger partial charge >= 0.3 is 0 Å². The second-order valence-corrected chi connectivity index (χ2v) is 8.71. The molecule has 1 aliphatic rings. The molecule has 3 aromatic carbocycles. The van der Waals surface area contributed by atoms with E-state index in [9.17, 15) is 4.79 Å². The maximum atomic E-state index is 12.1. The summed E-state index contributed by atoms with van der Waals surface area (Å²) >= 11 is 0. The first kappa shape index (κ1) is 25.4. The molecule has 8 nitrogen and oxygen atoms in total. The van der Waals surface area contributed by atoms with Crippen LogP contribution >= 0.6 is 0 Å². The van der Waals surface area contributed by atoms with Crippen LogP contribution < -0.4 is 19.9 Å². The van der Waals surface area contributed by atoms with Crippen LogP contribution in [0.2, 0.25) is 0 Å². The molecule has 1 amide bonds. The number of nitrogens with one attached hydrogen (secondary N) is 1. The van der Waals surface area contributed by atoms with Crippen molar-refractivity contribution < 1.29 is 14.3 Å². The Morgan fingerprint density at radius 3 is 2.21 bits per heavy atom. The average molecular weight is 518 g/mol. The van der Waals surface area contributed by atoms with Gasteiger partial charge in [-0.25, -0.2) is 5.43 Å². The number of hydrogen-bond acceptors (Lipinski definition) is 7. The molecule has 1 aromatic heterocycles. The first-order chi connectivity index (χ1) is 19.1. The third kappa shape index (κ3) is 6.19. The predicted octanol–water partition coefficient (Wildman–Crippen LogP) is 5.17. The van der Waals surface area contributed by atoms with E-state index in [4.69, 9.17) is 14.6 Å². The number of ether oxygens (including phenoxy) is 2. The zero-order chi connectivity index (χ0) is 27.0. The van der Waals surface area contributed by atoms with Crippen LogP contribution in [0.3, 0.4) is 0 Å². The van der Waals surface area contributed by atoms with Crippen LogP contribution in [0.1, 0.15) is 27.0 Å². The van der Waals surface area contributed by atoms with Crippen molar-refractivity contribution in [2.45, 2.75) is 0 Å². The van der Waals surface area contributed by atoms with E-state index in [0.717, 1.165) is 45.2 Å². The van der Waals surface area contributed by atoms with Gasteiger partial charge in [-0.2, -0.15) is 10.2 Å². The minimum Gasteiger partial charge on any atom is -0.497 e. The molecule has 0 aliphatic carbocycles. The number of rotatable bonds is 8. The van der Waals surface area contributed by atoms with E-state index < -0.39 is 0 Å². The number of methoxy groups -OCH3 is 2. The Morgan fingerprint density at radius 1 is 0.897 bits per heavy atom. The Balaban J connectivity index is 1.35. The topological polar surface area (TPSA) is 88.4 Å². The molecule has 0 unspecified atom stereocenters. The fourth-order valence-corrected chi connectivity index (χ4v) is 4.07. The molecule has 0 radical (unpaired) electrons. The van der Waals surface area contributed by atoms with Gasteiger partial charge in [0, 0.05) is 23.5 Å². The Kier molecular flexibility index (Phi) is 7.73. The number of pyridine rings is 1. The van der Waals surface area contributed by atoms with E-state index in [0.29, 0.717) is 12.1 Å². The molecule has 1 N–H and O–H groups in total. The standard InChI is InChI=1S/C31H27N5O3/c1-38-28-13-7-22(8-14-28)18-26-21-36(35-30(26)24-9-15-29(39-2)16-10-24)27-11-5-23(6-12-27)19-33-34-31(37)25-4-3-17-32-20-25/h3-20H,21H2,1-2H3,(H,34,37)/b26-18+,33-19-. The van der Waals surface area contributed by atoms with Gasteiger partial charge in [0.05, 0.1) is 43.9 Å². The maximum absolute atomic E-state index is 12.1. The first-order valence-corrected chi connectivity index (χ1v) is 12.3. The molecular formula is C31H27N5O3. The van der Waals surface area contributed by atoms with Crippen molar-refractivity contribution >= 4 is 29.6 Å². The van der Waals surface area contributed by atoms with Gasteiger partial charge in [-0.3, -0.25) is 14.8 Å².